The molecular weight excluding hydrogens is 250 g/mol. The molecule has 0 aliphatic heterocycles. The van der Waals surface area contributed by atoms with E-state index in [1.807, 2.05) is 0 Å². The number of nitrogens with zero attached hydrogens (tertiary/aromatic N) is 1. The molecular formula is C12H19F4NO. The van der Waals surface area contributed by atoms with Crippen LogP contribution in [-0.2, 0) is 4.79 Å². The lowest BCUT2D eigenvalue weighted by molar-refractivity contribution is -0.183. The molecule has 1 saturated carbocycles. The van der Waals surface area contributed by atoms with E-state index in [1.165, 1.54) is 0 Å². The molecule has 0 aromatic heterocycles. The maximum absolute atomic E-state index is 13.2. The average molecular weight is 269 g/mol. The topological polar surface area (TPSA) is 20.3 Å². The Balaban J connectivity index is 2.84. The number of carbonyl (C=O) groups is 1. The van der Waals surface area contributed by atoms with E-state index in [4.69, 9.17) is 0 Å². The lowest BCUT2D eigenvalue weighted by atomic mass is 10.1. The van der Waals surface area contributed by atoms with Crippen LogP contribution in [0.5, 0.6) is 0 Å². The van der Waals surface area contributed by atoms with Crippen molar-refractivity contribution in [3.8, 4) is 0 Å². The van der Waals surface area contributed by atoms with Gasteiger partial charge in [0.2, 0.25) is 0 Å². The van der Waals surface area contributed by atoms with Crippen LogP contribution < -0.4 is 0 Å². The zero-order valence-corrected chi connectivity index (χ0v) is 10.6. The molecule has 0 atom stereocenters. The van der Waals surface area contributed by atoms with Crippen LogP contribution in [0, 0.1) is 5.92 Å². The summed E-state index contributed by atoms with van der Waals surface area (Å²) in [7, 11) is 0. The molecule has 0 radical (unpaired) electrons. The van der Waals surface area contributed by atoms with Crippen LogP contribution in [0.15, 0.2) is 0 Å². The van der Waals surface area contributed by atoms with E-state index in [1.54, 1.807) is 13.8 Å². The molecule has 0 N–H and O–H groups in total. The molecule has 1 fully saturated rings. The van der Waals surface area contributed by atoms with Crippen LogP contribution in [-0.4, -0.2) is 35.7 Å². The first-order valence-electron chi connectivity index (χ1n) is 6.23. The number of alkyl halides is 4. The van der Waals surface area contributed by atoms with E-state index in [0.29, 0.717) is 12.8 Å². The largest absolute Gasteiger partial charge is 0.383 e. The quantitative estimate of drug-likeness (QED) is 0.701. The van der Waals surface area contributed by atoms with Crippen LogP contribution >= 0.6 is 0 Å². The minimum atomic E-state index is -4.57. The second-order valence-electron chi connectivity index (χ2n) is 5.21. The SMILES string of the molecule is CC(C)CN(C(=O)C(F)(F)C(F)F)C1CCCC1. The number of hydrogen-bond acceptors (Lipinski definition) is 1. The number of rotatable bonds is 5. The van der Waals surface area contributed by atoms with E-state index in [0.717, 1.165) is 17.7 Å². The minimum Gasteiger partial charge on any atom is -0.334 e. The summed E-state index contributed by atoms with van der Waals surface area (Å²) in [6.45, 7) is 3.65. The van der Waals surface area contributed by atoms with Gasteiger partial charge in [0.25, 0.3) is 5.91 Å². The summed E-state index contributed by atoms with van der Waals surface area (Å²) < 4.78 is 50.8. The number of carbonyl (C=O) groups excluding carboxylic acids is 1. The molecule has 1 rings (SSSR count). The highest BCUT2D eigenvalue weighted by Gasteiger charge is 2.52. The highest BCUT2D eigenvalue weighted by atomic mass is 19.3. The van der Waals surface area contributed by atoms with Crippen LogP contribution in [0.2, 0.25) is 0 Å². The summed E-state index contributed by atoms with van der Waals surface area (Å²) in [5.41, 5.74) is 0. The van der Waals surface area contributed by atoms with Gasteiger partial charge in [0, 0.05) is 12.6 Å². The fourth-order valence-electron chi connectivity index (χ4n) is 2.29. The standard InChI is InChI=1S/C12H19F4NO/c1-8(2)7-17(9-5-3-4-6-9)11(18)12(15,16)10(13)14/h8-10H,3-7H2,1-2H3. The van der Waals surface area contributed by atoms with Crippen molar-refractivity contribution in [3.05, 3.63) is 0 Å². The van der Waals surface area contributed by atoms with Crippen molar-refractivity contribution < 1.29 is 22.4 Å². The van der Waals surface area contributed by atoms with E-state index in [9.17, 15) is 22.4 Å². The van der Waals surface area contributed by atoms with E-state index in [2.05, 4.69) is 0 Å². The smallest absolute Gasteiger partial charge is 0.334 e. The van der Waals surface area contributed by atoms with Crippen molar-refractivity contribution >= 4 is 5.91 Å². The van der Waals surface area contributed by atoms with Gasteiger partial charge in [0.1, 0.15) is 0 Å². The van der Waals surface area contributed by atoms with Crippen LogP contribution in [0.1, 0.15) is 39.5 Å². The van der Waals surface area contributed by atoms with Gasteiger partial charge in [0.15, 0.2) is 0 Å². The normalized spacial score (nSPS) is 17.8. The lowest BCUT2D eigenvalue weighted by Crippen LogP contribution is -2.52. The fourth-order valence-corrected chi connectivity index (χ4v) is 2.29. The first-order chi connectivity index (χ1) is 8.26. The van der Waals surface area contributed by atoms with E-state index in [-0.39, 0.29) is 18.5 Å². The molecule has 0 bridgehead atoms. The van der Waals surface area contributed by atoms with Crippen molar-refractivity contribution in [3.63, 3.8) is 0 Å². The molecule has 1 aliphatic carbocycles. The predicted octanol–water partition coefficient (Wildman–Crippen LogP) is 3.31. The van der Waals surface area contributed by atoms with Crippen molar-refractivity contribution in [2.75, 3.05) is 6.54 Å². The van der Waals surface area contributed by atoms with E-state index < -0.39 is 18.3 Å². The van der Waals surface area contributed by atoms with Gasteiger partial charge in [-0.1, -0.05) is 26.7 Å². The van der Waals surface area contributed by atoms with Gasteiger partial charge < -0.3 is 4.90 Å². The third kappa shape index (κ3) is 3.36. The lowest BCUT2D eigenvalue weighted by Gasteiger charge is -2.33. The van der Waals surface area contributed by atoms with Crippen LogP contribution in [0.4, 0.5) is 17.6 Å². The maximum Gasteiger partial charge on any atom is 0.383 e. The molecule has 2 nitrogen and oxygen atoms in total. The molecule has 1 amide bonds. The Kier molecular flexibility index (Phi) is 4.99. The van der Waals surface area contributed by atoms with Crippen molar-refractivity contribution in [2.45, 2.75) is 57.9 Å². The highest BCUT2D eigenvalue weighted by Crippen LogP contribution is 2.31. The Morgan fingerprint density at radius 1 is 1.28 bits per heavy atom. The van der Waals surface area contributed by atoms with Gasteiger partial charge >= 0.3 is 12.3 Å². The van der Waals surface area contributed by atoms with Gasteiger partial charge in [-0.05, 0) is 18.8 Å². The Morgan fingerprint density at radius 2 is 1.78 bits per heavy atom. The second-order valence-corrected chi connectivity index (χ2v) is 5.21. The summed E-state index contributed by atoms with van der Waals surface area (Å²) in [6, 6.07) is -0.315. The minimum absolute atomic E-state index is 0.0250. The Labute approximate surface area is 104 Å². The van der Waals surface area contributed by atoms with Crippen LogP contribution in [0.3, 0.4) is 0 Å². The monoisotopic (exact) mass is 269 g/mol. The maximum atomic E-state index is 13.2. The molecule has 106 valence electrons. The molecule has 0 unspecified atom stereocenters. The van der Waals surface area contributed by atoms with Gasteiger partial charge in [-0.15, -0.1) is 0 Å². The van der Waals surface area contributed by atoms with Crippen molar-refractivity contribution in [2.24, 2.45) is 5.92 Å². The molecule has 0 heterocycles. The number of hydrogen-bond donors (Lipinski definition) is 0. The molecule has 18 heavy (non-hydrogen) atoms. The third-order valence-electron chi connectivity index (χ3n) is 3.15. The molecule has 6 heteroatoms. The summed E-state index contributed by atoms with van der Waals surface area (Å²) in [4.78, 5) is 12.6. The first-order valence-corrected chi connectivity index (χ1v) is 6.23. The Bertz CT molecular complexity index is 288. The first kappa shape index (κ1) is 15.2. The van der Waals surface area contributed by atoms with Gasteiger partial charge in [-0.2, -0.15) is 8.78 Å². The number of amides is 1. The fraction of sp³-hybridized carbons (Fsp3) is 0.917. The van der Waals surface area contributed by atoms with Crippen molar-refractivity contribution in [1.29, 1.82) is 0 Å². The summed E-state index contributed by atoms with van der Waals surface area (Å²) in [5, 5.41) is 0. The molecule has 0 aromatic rings. The molecule has 1 aliphatic rings. The van der Waals surface area contributed by atoms with Crippen molar-refractivity contribution in [1.82, 2.24) is 4.90 Å². The average Bonchev–Trinajstić information content (AvgIpc) is 2.77. The van der Waals surface area contributed by atoms with Gasteiger partial charge in [0.05, 0.1) is 0 Å². The highest BCUT2D eigenvalue weighted by molar-refractivity contribution is 5.84. The third-order valence-corrected chi connectivity index (χ3v) is 3.15. The summed E-state index contributed by atoms with van der Waals surface area (Å²) >= 11 is 0. The van der Waals surface area contributed by atoms with Crippen LogP contribution in [0.25, 0.3) is 0 Å². The molecule has 0 spiro atoms. The predicted molar refractivity (Wildman–Crippen MR) is 59.8 cm³/mol. The van der Waals surface area contributed by atoms with Gasteiger partial charge in [-0.25, -0.2) is 8.78 Å². The zero-order chi connectivity index (χ0) is 13.9. The zero-order valence-electron chi connectivity index (χ0n) is 10.6. The number of halogens is 4. The Morgan fingerprint density at radius 3 is 2.17 bits per heavy atom. The van der Waals surface area contributed by atoms with Gasteiger partial charge in [-0.3, -0.25) is 4.79 Å². The Hall–Kier alpha value is -0.810. The molecule has 0 aromatic carbocycles. The second kappa shape index (κ2) is 5.89. The summed E-state index contributed by atoms with van der Waals surface area (Å²) in [5.74, 6) is -6.32. The summed E-state index contributed by atoms with van der Waals surface area (Å²) in [6.07, 6.45) is -0.990. The molecule has 0 saturated heterocycles. The van der Waals surface area contributed by atoms with E-state index >= 15 is 0 Å².